The average molecular weight is 468 g/mol. The van der Waals surface area contributed by atoms with E-state index < -0.39 is 20.0 Å². The Balaban J connectivity index is 1.69. The van der Waals surface area contributed by atoms with Gasteiger partial charge in [0, 0.05) is 37.4 Å². The monoisotopic (exact) mass is 467 g/mol. The van der Waals surface area contributed by atoms with Crippen LogP contribution in [0.1, 0.15) is 16.8 Å². The van der Waals surface area contributed by atoms with Crippen molar-refractivity contribution in [3.8, 4) is 5.75 Å². The van der Waals surface area contributed by atoms with Crippen LogP contribution in [0.25, 0.3) is 0 Å². The maximum absolute atomic E-state index is 12.8. The minimum absolute atomic E-state index is 0.0268. The Hall–Kier alpha value is -2.63. The number of carbonyl (C=O) groups excluding carboxylic acids is 1. The van der Waals surface area contributed by atoms with Crippen molar-refractivity contribution < 1.29 is 26.4 Å². The van der Waals surface area contributed by atoms with Crippen molar-refractivity contribution in [3.05, 3.63) is 54.1 Å². The number of nitrogens with zero attached hydrogens (tertiary/aromatic N) is 2. The highest BCUT2D eigenvalue weighted by Gasteiger charge is 2.25. The number of anilines is 1. The van der Waals surface area contributed by atoms with E-state index in [1.54, 1.807) is 29.2 Å². The van der Waals surface area contributed by atoms with E-state index >= 15 is 0 Å². The first-order valence-corrected chi connectivity index (χ1v) is 12.9. The predicted octanol–water partition coefficient (Wildman–Crippen LogP) is 1.60. The molecule has 1 aliphatic heterocycles. The fourth-order valence-corrected chi connectivity index (χ4v) is 5.19. The van der Waals surface area contributed by atoms with Gasteiger partial charge in [0.05, 0.1) is 18.3 Å². The molecule has 0 spiro atoms. The Kier molecular flexibility index (Phi) is 6.87. The van der Waals surface area contributed by atoms with Gasteiger partial charge in [-0.2, -0.15) is 0 Å². The van der Waals surface area contributed by atoms with Gasteiger partial charge < -0.3 is 9.64 Å². The SMILES string of the molecule is COc1ccc(NS(=O)(=O)c2ccc(C(=O)N3CCCN(S(C)(=O)=O)CC3)cc2)cc1. The summed E-state index contributed by atoms with van der Waals surface area (Å²) in [6.45, 7) is 1.33. The third-order valence-electron chi connectivity index (χ3n) is 4.96. The number of carbonyl (C=O) groups is 1. The zero-order valence-electron chi connectivity index (χ0n) is 17.3. The lowest BCUT2D eigenvalue weighted by Gasteiger charge is -2.21. The molecule has 31 heavy (non-hydrogen) atoms. The van der Waals surface area contributed by atoms with Gasteiger partial charge in [0.2, 0.25) is 10.0 Å². The van der Waals surface area contributed by atoms with Gasteiger partial charge in [0.15, 0.2) is 0 Å². The maximum Gasteiger partial charge on any atom is 0.261 e. The molecule has 2 aromatic rings. The van der Waals surface area contributed by atoms with Crippen LogP contribution in [0, 0.1) is 0 Å². The highest BCUT2D eigenvalue weighted by Crippen LogP contribution is 2.20. The summed E-state index contributed by atoms with van der Waals surface area (Å²) in [5.74, 6) is 0.349. The molecule has 0 unspecified atom stereocenters. The average Bonchev–Trinajstić information content (AvgIpc) is 3.00. The van der Waals surface area contributed by atoms with E-state index in [-0.39, 0.29) is 23.9 Å². The van der Waals surface area contributed by atoms with Gasteiger partial charge in [0.25, 0.3) is 15.9 Å². The molecule has 1 fully saturated rings. The minimum atomic E-state index is -3.82. The number of methoxy groups -OCH3 is 1. The molecule has 9 nitrogen and oxygen atoms in total. The Morgan fingerprint density at radius 2 is 1.55 bits per heavy atom. The lowest BCUT2D eigenvalue weighted by Crippen LogP contribution is -2.36. The highest BCUT2D eigenvalue weighted by atomic mass is 32.2. The molecular formula is C20H25N3O6S2. The molecule has 11 heteroatoms. The van der Waals surface area contributed by atoms with Crippen molar-refractivity contribution in [2.45, 2.75) is 11.3 Å². The Labute approximate surface area is 182 Å². The van der Waals surface area contributed by atoms with Crippen LogP contribution < -0.4 is 9.46 Å². The van der Waals surface area contributed by atoms with Crippen molar-refractivity contribution in [2.24, 2.45) is 0 Å². The standard InChI is InChI=1S/C20H25N3O6S2/c1-29-18-8-6-17(7-9-18)21-31(27,28)19-10-4-16(5-11-19)20(24)22-12-3-13-23(15-14-22)30(2,25)26/h4-11,21H,3,12-15H2,1-2H3. The molecule has 0 saturated carbocycles. The number of hydrogen-bond acceptors (Lipinski definition) is 6. The molecule has 1 N–H and O–H groups in total. The van der Waals surface area contributed by atoms with Gasteiger partial charge in [-0.25, -0.2) is 21.1 Å². The summed E-state index contributed by atoms with van der Waals surface area (Å²) in [4.78, 5) is 14.4. The first kappa shape index (κ1) is 23.0. The third-order valence-corrected chi connectivity index (χ3v) is 7.67. The summed E-state index contributed by atoms with van der Waals surface area (Å²) < 4.78 is 57.6. The molecule has 0 bridgehead atoms. The van der Waals surface area contributed by atoms with Crippen molar-refractivity contribution in [1.82, 2.24) is 9.21 Å². The maximum atomic E-state index is 12.8. The molecule has 0 atom stereocenters. The summed E-state index contributed by atoms with van der Waals surface area (Å²) in [7, 11) is -5.60. The lowest BCUT2D eigenvalue weighted by molar-refractivity contribution is 0.0764. The Bertz CT molecular complexity index is 1130. The van der Waals surface area contributed by atoms with Crippen molar-refractivity contribution in [1.29, 1.82) is 0 Å². The fourth-order valence-electron chi connectivity index (χ4n) is 3.26. The van der Waals surface area contributed by atoms with Crippen LogP contribution >= 0.6 is 0 Å². The summed E-state index contributed by atoms with van der Waals surface area (Å²) >= 11 is 0. The van der Waals surface area contributed by atoms with Gasteiger partial charge in [-0.15, -0.1) is 0 Å². The number of ether oxygens (including phenoxy) is 1. The minimum Gasteiger partial charge on any atom is -0.497 e. The first-order valence-electron chi connectivity index (χ1n) is 9.61. The molecule has 168 valence electrons. The van der Waals surface area contributed by atoms with Crippen LogP contribution in [0.15, 0.2) is 53.4 Å². The highest BCUT2D eigenvalue weighted by molar-refractivity contribution is 7.92. The second-order valence-corrected chi connectivity index (χ2v) is 10.8. The summed E-state index contributed by atoms with van der Waals surface area (Å²) in [6.07, 6.45) is 1.70. The van der Waals surface area contributed by atoms with Crippen LogP contribution in [-0.2, 0) is 20.0 Å². The molecule has 1 heterocycles. The second-order valence-electron chi connectivity index (χ2n) is 7.17. The third kappa shape index (κ3) is 5.75. The molecule has 2 aromatic carbocycles. The van der Waals surface area contributed by atoms with Crippen molar-refractivity contribution in [2.75, 3.05) is 44.3 Å². The molecular weight excluding hydrogens is 442 g/mol. The number of sulfonamides is 2. The smallest absolute Gasteiger partial charge is 0.261 e. The fraction of sp³-hybridized carbons (Fsp3) is 0.350. The number of benzene rings is 2. The molecule has 0 aromatic heterocycles. The molecule has 1 amide bonds. The van der Waals surface area contributed by atoms with E-state index in [0.29, 0.717) is 36.5 Å². The summed E-state index contributed by atoms with van der Waals surface area (Å²) in [6, 6.07) is 12.1. The number of nitrogens with one attached hydrogen (secondary N) is 1. The van der Waals surface area contributed by atoms with Crippen LogP contribution in [-0.4, -0.2) is 71.5 Å². The van der Waals surface area contributed by atoms with Gasteiger partial charge in [-0.1, -0.05) is 0 Å². The van der Waals surface area contributed by atoms with Crippen molar-refractivity contribution >= 4 is 31.6 Å². The topological polar surface area (TPSA) is 113 Å². The first-order chi connectivity index (χ1) is 14.6. The number of amides is 1. The summed E-state index contributed by atoms with van der Waals surface area (Å²) in [5, 5.41) is 0. The van der Waals surface area contributed by atoms with Gasteiger partial charge >= 0.3 is 0 Å². The largest absolute Gasteiger partial charge is 0.497 e. The van der Waals surface area contributed by atoms with E-state index in [0.717, 1.165) is 6.26 Å². The van der Waals surface area contributed by atoms with Crippen LogP contribution in [0.3, 0.4) is 0 Å². The van der Waals surface area contributed by atoms with E-state index in [1.807, 2.05) is 0 Å². The lowest BCUT2D eigenvalue weighted by atomic mass is 10.2. The van der Waals surface area contributed by atoms with E-state index in [9.17, 15) is 21.6 Å². The quantitative estimate of drug-likeness (QED) is 0.691. The predicted molar refractivity (Wildman–Crippen MR) is 117 cm³/mol. The van der Waals surface area contributed by atoms with Gasteiger partial charge in [0.1, 0.15) is 5.75 Å². The molecule has 3 rings (SSSR count). The second kappa shape index (κ2) is 9.25. The molecule has 1 aliphatic rings. The normalized spacial score (nSPS) is 15.9. The van der Waals surface area contributed by atoms with Crippen LogP contribution in [0.5, 0.6) is 5.75 Å². The zero-order valence-corrected chi connectivity index (χ0v) is 18.9. The van der Waals surface area contributed by atoms with Crippen LogP contribution in [0.2, 0.25) is 0 Å². The number of hydrogen-bond donors (Lipinski definition) is 1. The Morgan fingerprint density at radius 1 is 0.903 bits per heavy atom. The van der Waals surface area contributed by atoms with E-state index in [1.165, 1.54) is 35.7 Å². The molecule has 0 aliphatic carbocycles. The van der Waals surface area contributed by atoms with Gasteiger partial charge in [-0.05, 0) is 55.0 Å². The zero-order chi connectivity index (χ0) is 22.6. The Morgan fingerprint density at radius 3 is 2.13 bits per heavy atom. The summed E-state index contributed by atoms with van der Waals surface area (Å²) in [5.41, 5.74) is 0.733. The van der Waals surface area contributed by atoms with Crippen molar-refractivity contribution in [3.63, 3.8) is 0 Å². The number of rotatable bonds is 6. The molecule has 0 radical (unpaired) electrons. The van der Waals surface area contributed by atoms with Crippen LogP contribution in [0.4, 0.5) is 5.69 Å². The van der Waals surface area contributed by atoms with E-state index in [2.05, 4.69) is 4.72 Å². The van der Waals surface area contributed by atoms with Gasteiger partial charge in [-0.3, -0.25) is 9.52 Å². The van der Waals surface area contributed by atoms with E-state index in [4.69, 9.17) is 4.74 Å². The molecule has 1 saturated heterocycles.